The first kappa shape index (κ1) is 12.0. The van der Waals surface area contributed by atoms with Gasteiger partial charge in [-0.2, -0.15) is 13.2 Å². The van der Waals surface area contributed by atoms with Crippen LogP contribution in [0.4, 0.5) is 13.2 Å². The predicted molar refractivity (Wildman–Crippen MR) is 58.7 cm³/mol. The van der Waals surface area contributed by atoms with Crippen LogP contribution in [-0.4, -0.2) is 11.4 Å². The zero-order valence-corrected chi connectivity index (χ0v) is 9.60. The molecule has 0 atom stereocenters. The summed E-state index contributed by atoms with van der Waals surface area (Å²) in [6, 6.07) is 7.93. The Bertz CT molecular complexity index is 504. The molecule has 0 spiro atoms. The Labute approximate surface area is 99.8 Å². The first-order valence-electron chi connectivity index (χ1n) is 4.69. The maximum Gasteiger partial charge on any atom is 0.436 e. The van der Waals surface area contributed by atoms with Crippen molar-refractivity contribution in [1.82, 2.24) is 5.16 Å². The van der Waals surface area contributed by atoms with Crippen LogP contribution in [0.5, 0.6) is 0 Å². The Kier molecular flexibility index (Phi) is 3.15. The zero-order chi connectivity index (χ0) is 12.5. The van der Waals surface area contributed by atoms with E-state index in [1.165, 1.54) is 0 Å². The molecule has 0 radical (unpaired) electrons. The summed E-state index contributed by atoms with van der Waals surface area (Å²) in [7, 11) is 0. The van der Waals surface area contributed by atoms with Gasteiger partial charge in [-0.1, -0.05) is 17.3 Å². The molecule has 1 aromatic heterocycles. The number of nitrogens with zero attached hydrogens (tertiary/aromatic N) is 1. The Morgan fingerprint density at radius 1 is 1.18 bits per heavy atom. The van der Waals surface area contributed by atoms with Gasteiger partial charge in [0.2, 0.25) is 0 Å². The summed E-state index contributed by atoms with van der Waals surface area (Å²) in [5.41, 5.74) is -0.438. The minimum absolute atomic E-state index is 0.116. The molecule has 0 saturated carbocycles. The van der Waals surface area contributed by atoms with Gasteiger partial charge in [-0.05, 0) is 18.4 Å². The van der Waals surface area contributed by atoms with Crippen LogP contribution in [-0.2, 0) is 6.18 Å². The second-order valence-corrected chi connectivity index (χ2v) is 4.18. The van der Waals surface area contributed by atoms with Crippen molar-refractivity contribution in [3.05, 3.63) is 36.0 Å². The van der Waals surface area contributed by atoms with E-state index in [0.29, 0.717) is 5.56 Å². The van der Waals surface area contributed by atoms with Crippen LogP contribution in [0, 0.1) is 0 Å². The van der Waals surface area contributed by atoms with Crippen molar-refractivity contribution >= 4 is 11.8 Å². The molecule has 0 N–H and O–H groups in total. The maximum atomic E-state index is 12.3. The monoisotopic (exact) mass is 259 g/mol. The standard InChI is InChI=1S/C11H8F3NOS/c1-17-8-4-2-7(3-5-8)9-6-10(15-16-9)11(12,13)14/h2-6H,1H3. The van der Waals surface area contributed by atoms with E-state index in [4.69, 9.17) is 0 Å². The summed E-state index contributed by atoms with van der Waals surface area (Å²) in [5, 5.41) is 3.00. The summed E-state index contributed by atoms with van der Waals surface area (Å²) in [4.78, 5) is 1.03. The molecule has 1 aromatic carbocycles. The molecule has 0 unspecified atom stereocenters. The summed E-state index contributed by atoms with van der Waals surface area (Å²) < 4.78 is 41.6. The van der Waals surface area contributed by atoms with Gasteiger partial charge in [-0.15, -0.1) is 11.8 Å². The molecule has 0 amide bonds. The lowest BCUT2D eigenvalue weighted by Crippen LogP contribution is -2.04. The number of benzene rings is 1. The molecule has 0 aliphatic rings. The largest absolute Gasteiger partial charge is 0.436 e. The SMILES string of the molecule is CSc1ccc(-c2cc(C(F)(F)F)no2)cc1. The van der Waals surface area contributed by atoms with E-state index >= 15 is 0 Å². The van der Waals surface area contributed by atoms with Crippen LogP contribution in [0.2, 0.25) is 0 Å². The third kappa shape index (κ3) is 2.63. The average molecular weight is 259 g/mol. The second kappa shape index (κ2) is 4.44. The highest BCUT2D eigenvalue weighted by molar-refractivity contribution is 7.98. The van der Waals surface area contributed by atoms with Gasteiger partial charge in [0.25, 0.3) is 0 Å². The van der Waals surface area contributed by atoms with Gasteiger partial charge < -0.3 is 4.52 Å². The first-order chi connectivity index (χ1) is 8.00. The van der Waals surface area contributed by atoms with Crippen molar-refractivity contribution in [3.8, 4) is 11.3 Å². The summed E-state index contributed by atoms with van der Waals surface area (Å²) in [6.45, 7) is 0. The normalized spacial score (nSPS) is 11.8. The van der Waals surface area contributed by atoms with E-state index in [0.717, 1.165) is 11.0 Å². The fourth-order valence-corrected chi connectivity index (χ4v) is 1.71. The number of alkyl halides is 3. The fraction of sp³-hybridized carbons (Fsp3) is 0.182. The molecule has 0 aliphatic heterocycles. The van der Waals surface area contributed by atoms with Crippen LogP contribution in [0.1, 0.15) is 5.69 Å². The molecule has 2 rings (SSSR count). The molecule has 90 valence electrons. The Morgan fingerprint density at radius 2 is 1.82 bits per heavy atom. The zero-order valence-electron chi connectivity index (χ0n) is 8.78. The van der Waals surface area contributed by atoms with E-state index in [2.05, 4.69) is 9.68 Å². The van der Waals surface area contributed by atoms with E-state index in [9.17, 15) is 13.2 Å². The van der Waals surface area contributed by atoms with Gasteiger partial charge in [0.1, 0.15) is 0 Å². The Balaban J connectivity index is 2.30. The Morgan fingerprint density at radius 3 is 2.29 bits per heavy atom. The number of aromatic nitrogens is 1. The minimum Gasteiger partial charge on any atom is -0.356 e. The number of halogens is 3. The molecule has 0 aliphatic carbocycles. The summed E-state index contributed by atoms with van der Waals surface area (Å²) in [6.07, 6.45) is -2.55. The lowest BCUT2D eigenvalue weighted by Gasteiger charge is -1.98. The molecule has 2 nitrogen and oxygen atoms in total. The van der Waals surface area contributed by atoms with E-state index in [1.807, 2.05) is 18.4 Å². The lowest BCUT2D eigenvalue weighted by molar-refractivity contribution is -0.142. The highest BCUT2D eigenvalue weighted by Crippen LogP contribution is 2.32. The third-order valence-electron chi connectivity index (χ3n) is 2.18. The van der Waals surface area contributed by atoms with Gasteiger partial charge in [0, 0.05) is 16.5 Å². The number of hydrogen-bond acceptors (Lipinski definition) is 3. The van der Waals surface area contributed by atoms with Gasteiger partial charge in [-0.25, -0.2) is 0 Å². The summed E-state index contributed by atoms with van der Waals surface area (Å²) >= 11 is 1.56. The van der Waals surface area contributed by atoms with Crippen molar-refractivity contribution in [1.29, 1.82) is 0 Å². The van der Waals surface area contributed by atoms with Crippen molar-refractivity contribution in [3.63, 3.8) is 0 Å². The van der Waals surface area contributed by atoms with Crippen LogP contribution in [0.25, 0.3) is 11.3 Å². The topological polar surface area (TPSA) is 26.0 Å². The second-order valence-electron chi connectivity index (χ2n) is 3.30. The quantitative estimate of drug-likeness (QED) is 0.760. The molecule has 0 fully saturated rings. The van der Waals surface area contributed by atoms with E-state index in [1.54, 1.807) is 23.9 Å². The van der Waals surface area contributed by atoms with Crippen LogP contribution in [0.15, 0.2) is 39.8 Å². The molecule has 1 heterocycles. The number of rotatable bonds is 2. The van der Waals surface area contributed by atoms with Gasteiger partial charge >= 0.3 is 6.18 Å². The highest BCUT2D eigenvalue weighted by Gasteiger charge is 2.35. The molecule has 6 heteroatoms. The van der Waals surface area contributed by atoms with Crippen LogP contribution >= 0.6 is 11.8 Å². The smallest absolute Gasteiger partial charge is 0.356 e. The predicted octanol–water partition coefficient (Wildman–Crippen LogP) is 4.08. The molecule has 0 saturated heterocycles. The third-order valence-corrected chi connectivity index (χ3v) is 2.92. The highest BCUT2D eigenvalue weighted by atomic mass is 32.2. The summed E-state index contributed by atoms with van der Waals surface area (Å²) in [5.74, 6) is 0.116. The van der Waals surface area contributed by atoms with Crippen molar-refractivity contribution in [2.45, 2.75) is 11.1 Å². The maximum absolute atomic E-state index is 12.3. The fourth-order valence-electron chi connectivity index (χ4n) is 1.30. The van der Waals surface area contributed by atoms with Crippen molar-refractivity contribution < 1.29 is 17.7 Å². The molecule has 17 heavy (non-hydrogen) atoms. The number of hydrogen-bond donors (Lipinski definition) is 0. The van der Waals surface area contributed by atoms with Crippen LogP contribution < -0.4 is 0 Å². The van der Waals surface area contributed by atoms with E-state index < -0.39 is 11.9 Å². The van der Waals surface area contributed by atoms with E-state index in [-0.39, 0.29) is 5.76 Å². The Hall–Kier alpha value is -1.43. The average Bonchev–Trinajstić information content (AvgIpc) is 2.78. The number of thioether (sulfide) groups is 1. The van der Waals surface area contributed by atoms with Crippen LogP contribution in [0.3, 0.4) is 0 Å². The molecular weight excluding hydrogens is 251 g/mol. The molecule has 0 bridgehead atoms. The first-order valence-corrected chi connectivity index (χ1v) is 5.91. The minimum atomic E-state index is -4.47. The van der Waals surface area contributed by atoms with Crippen molar-refractivity contribution in [2.24, 2.45) is 0 Å². The van der Waals surface area contributed by atoms with Crippen molar-refractivity contribution in [2.75, 3.05) is 6.26 Å². The van der Waals surface area contributed by atoms with Gasteiger partial charge in [-0.3, -0.25) is 0 Å². The molecular formula is C11H8F3NOS. The van der Waals surface area contributed by atoms with Gasteiger partial charge in [0.05, 0.1) is 0 Å². The van der Waals surface area contributed by atoms with Gasteiger partial charge in [0.15, 0.2) is 11.5 Å². The molecule has 2 aromatic rings. The lowest BCUT2D eigenvalue weighted by atomic mass is 10.1.